The normalized spacial score (nSPS) is 38.3. The number of benzene rings is 1. The standard InChI is InChI=1S/C16H16Br2O2/c17-15(9-8-14(19)20)12-6-7-13(10-12)16(15,18)11-4-2-1-3-5-11/h1-7,12-13H,8-10H2,(H,19,20). The van der Waals surface area contributed by atoms with Gasteiger partial charge in [0.2, 0.25) is 0 Å². The topological polar surface area (TPSA) is 37.3 Å². The fourth-order valence-corrected chi connectivity index (χ4v) is 5.86. The smallest absolute Gasteiger partial charge is 0.303 e. The Balaban J connectivity index is 2.03. The van der Waals surface area contributed by atoms with Crippen LogP contribution in [0.4, 0.5) is 0 Å². The first kappa shape index (κ1) is 14.3. The molecule has 1 fully saturated rings. The van der Waals surface area contributed by atoms with Crippen LogP contribution in [0.3, 0.4) is 0 Å². The molecule has 4 heteroatoms. The Morgan fingerprint density at radius 1 is 1.20 bits per heavy atom. The molecule has 4 atom stereocenters. The number of alkyl halides is 2. The van der Waals surface area contributed by atoms with Crippen molar-refractivity contribution in [3.8, 4) is 0 Å². The number of carbonyl (C=O) groups is 1. The first-order chi connectivity index (χ1) is 9.48. The maximum absolute atomic E-state index is 11.0. The molecule has 1 aromatic rings. The molecule has 0 aliphatic heterocycles. The zero-order valence-electron chi connectivity index (χ0n) is 10.9. The highest BCUT2D eigenvalue weighted by Gasteiger charge is 2.64. The molecule has 1 aromatic carbocycles. The van der Waals surface area contributed by atoms with Crippen LogP contribution in [0.25, 0.3) is 0 Å². The van der Waals surface area contributed by atoms with Crippen LogP contribution in [0.15, 0.2) is 42.5 Å². The third-order valence-electron chi connectivity index (χ3n) is 4.68. The van der Waals surface area contributed by atoms with Gasteiger partial charge in [-0.05, 0) is 30.2 Å². The molecule has 0 spiro atoms. The number of aliphatic carboxylic acids is 1. The van der Waals surface area contributed by atoms with E-state index in [9.17, 15) is 4.79 Å². The van der Waals surface area contributed by atoms with Gasteiger partial charge in [-0.15, -0.1) is 0 Å². The molecule has 106 valence electrons. The third kappa shape index (κ3) is 1.92. The van der Waals surface area contributed by atoms with Crippen LogP contribution in [0.5, 0.6) is 0 Å². The molecule has 3 rings (SSSR count). The van der Waals surface area contributed by atoms with Crippen LogP contribution >= 0.6 is 31.9 Å². The Morgan fingerprint density at radius 3 is 2.50 bits per heavy atom. The first-order valence-corrected chi connectivity index (χ1v) is 8.40. The zero-order chi connectivity index (χ0) is 14.4. The molecule has 20 heavy (non-hydrogen) atoms. The monoisotopic (exact) mass is 398 g/mol. The lowest BCUT2D eigenvalue weighted by molar-refractivity contribution is -0.137. The van der Waals surface area contributed by atoms with Crippen LogP contribution in [-0.4, -0.2) is 15.4 Å². The summed E-state index contributed by atoms with van der Waals surface area (Å²) in [6.07, 6.45) is 6.39. The lowest BCUT2D eigenvalue weighted by Crippen LogP contribution is -2.46. The van der Waals surface area contributed by atoms with Gasteiger partial charge in [0.05, 0.1) is 8.65 Å². The maximum atomic E-state index is 11.0. The van der Waals surface area contributed by atoms with E-state index in [-0.39, 0.29) is 15.1 Å². The average Bonchev–Trinajstić information content (AvgIpc) is 3.01. The van der Waals surface area contributed by atoms with Gasteiger partial charge in [0, 0.05) is 6.42 Å². The molecule has 2 aliphatic carbocycles. The summed E-state index contributed by atoms with van der Waals surface area (Å²) in [6, 6.07) is 10.3. The minimum atomic E-state index is -0.738. The summed E-state index contributed by atoms with van der Waals surface area (Å²) in [4.78, 5) is 11.0. The summed E-state index contributed by atoms with van der Waals surface area (Å²) in [5.74, 6) is 0.0491. The number of fused-ring (bicyclic) bond motifs is 2. The summed E-state index contributed by atoms with van der Waals surface area (Å²) in [5, 5.41) is 9.05. The van der Waals surface area contributed by atoms with Gasteiger partial charge in [0.1, 0.15) is 0 Å². The predicted octanol–water partition coefficient (Wildman–Crippen LogP) is 4.48. The van der Waals surface area contributed by atoms with Gasteiger partial charge in [-0.25, -0.2) is 0 Å². The Labute approximate surface area is 135 Å². The molecular weight excluding hydrogens is 384 g/mol. The zero-order valence-corrected chi connectivity index (χ0v) is 14.1. The Kier molecular flexibility index (Phi) is 3.57. The Hall–Kier alpha value is -0.610. The quantitative estimate of drug-likeness (QED) is 0.598. The Bertz CT molecular complexity index is 557. The van der Waals surface area contributed by atoms with Crippen molar-refractivity contribution in [2.45, 2.75) is 27.9 Å². The summed E-state index contributed by atoms with van der Waals surface area (Å²) in [5.41, 5.74) is 1.22. The van der Waals surface area contributed by atoms with Crippen LogP contribution in [-0.2, 0) is 9.12 Å². The molecule has 0 amide bonds. The van der Waals surface area contributed by atoms with E-state index >= 15 is 0 Å². The lowest BCUT2D eigenvalue weighted by atomic mass is 9.76. The second-order valence-corrected chi connectivity index (χ2v) is 8.33. The van der Waals surface area contributed by atoms with Gasteiger partial charge < -0.3 is 5.11 Å². The van der Waals surface area contributed by atoms with Crippen molar-refractivity contribution in [1.29, 1.82) is 0 Å². The Morgan fingerprint density at radius 2 is 1.85 bits per heavy atom. The van der Waals surface area contributed by atoms with E-state index in [2.05, 4.69) is 56.1 Å². The molecule has 2 aliphatic rings. The molecule has 0 heterocycles. The number of carboxylic acids is 1. The van der Waals surface area contributed by atoms with E-state index in [0.29, 0.717) is 18.3 Å². The molecule has 0 radical (unpaired) electrons. The largest absolute Gasteiger partial charge is 0.481 e. The number of rotatable bonds is 4. The number of carboxylic acid groups (broad SMARTS) is 1. The summed E-state index contributed by atoms with van der Waals surface area (Å²) in [6.45, 7) is 0. The van der Waals surface area contributed by atoms with Crippen LogP contribution in [0.1, 0.15) is 24.8 Å². The number of halogens is 2. The molecule has 2 nitrogen and oxygen atoms in total. The van der Waals surface area contributed by atoms with Gasteiger partial charge in [0.15, 0.2) is 0 Å². The van der Waals surface area contributed by atoms with E-state index in [1.54, 1.807) is 0 Å². The van der Waals surface area contributed by atoms with E-state index in [0.717, 1.165) is 6.42 Å². The van der Waals surface area contributed by atoms with Crippen molar-refractivity contribution in [1.82, 2.24) is 0 Å². The van der Waals surface area contributed by atoms with Crippen LogP contribution in [0.2, 0.25) is 0 Å². The van der Waals surface area contributed by atoms with Gasteiger partial charge in [-0.3, -0.25) is 4.79 Å². The van der Waals surface area contributed by atoms with Crippen molar-refractivity contribution >= 4 is 37.8 Å². The molecule has 1 N–H and O–H groups in total. The highest BCUT2D eigenvalue weighted by Crippen LogP contribution is 2.67. The molecule has 1 saturated carbocycles. The van der Waals surface area contributed by atoms with E-state index < -0.39 is 5.97 Å². The molecule has 4 unspecified atom stereocenters. The second-order valence-electron chi connectivity index (χ2n) is 5.67. The summed E-state index contributed by atoms with van der Waals surface area (Å²) < 4.78 is -0.463. The number of allylic oxidation sites excluding steroid dienone is 2. The fourth-order valence-electron chi connectivity index (χ4n) is 3.70. The van der Waals surface area contributed by atoms with Crippen molar-refractivity contribution in [2.75, 3.05) is 0 Å². The molecular formula is C16H16Br2O2. The van der Waals surface area contributed by atoms with Gasteiger partial charge in [-0.1, -0.05) is 74.3 Å². The SMILES string of the molecule is O=C(O)CCC1(Br)C2C=CC(C2)C1(Br)c1ccccc1. The number of hydrogen-bond acceptors (Lipinski definition) is 1. The highest BCUT2D eigenvalue weighted by atomic mass is 79.9. The summed E-state index contributed by atoms with van der Waals surface area (Å²) >= 11 is 7.92. The predicted molar refractivity (Wildman–Crippen MR) is 86.3 cm³/mol. The van der Waals surface area contributed by atoms with Gasteiger partial charge in [-0.2, -0.15) is 0 Å². The summed E-state index contributed by atoms with van der Waals surface area (Å²) in [7, 11) is 0. The van der Waals surface area contributed by atoms with Crippen LogP contribution < -0.4 is 0 Å². The van der Waals surface area contributed by atoms with Crippen molar-refractivity contribution in [2.24, 2.45) is 11.8 Å². The van der Waals surface area contributed by atoms with Crippen LogP contribution in [0, 0.1) is 11.8 Å². The molecule has 0 saturated heterocycles. The van der Waals surface area contributed by atoms with Crippen molar-refractivity contribution < 1.29 is 9.90 Å². The van der Waals surface area contributed by atoms with Gasteiger partial charge >= 0.3 is 5.97 Å². The van der Waals surface area contributed by atoms with Crippen molar-refractivity contribution in [3.63, 3.8) is 0 Å². The first-order valence-electron chi connectivity index (χ1n) is 6.82. The van der Waals surface area contributed by atoms with Crippen molar-refractivity contribution in [3.05, 3.63) is 48.0 Å². The minimum absolute atomic E-state index is 0.183. The third-order valence-corrected chi connectivity index (χ3v) is 8.58. The average molecular weight is 400 g/mol. The number of hydrogen-bond donors (Lipinski definition) is 1. The van der Waals surface area contributed by atoms with E-state index in [1.165, 1.54) is 5.56 Å². The lowest BCUT2D eigenvalue weighted by Gasteiger charge is -2.45. The van der Waals surface area contributed by atoms with E-state index in [4.69, 9.17) is 5.11 Å². The van der Waals surface area contributed by atoms with E-state index in [1.807, 2.05) is 18.2 Å². The minimum Gasteiger partial charge on any atom is -0.481 e. The fraction of sp³-hybridized carbons (Fsp3) is 0.438. The second kappa shape index (κ2) is 4.99. The maximum Gasteiger partial charge on any atom is 0.303 e. The highest BCUT2D eigenvalue weighted by molar-refractivity contribution is 9.12. The molecule has 0 aromatic heterocycles. The van der Waals surface area contributed by atoms with Gasteiger partial charge in [0.25, 0.3) is 0 Å². The molecule has 2 bridgehead atoms.